The van der Waals surface area contributed by atoms with E-state index in [9.17, 15) is 28.3 Å². The number of alkyl carbamates (subject to hydrolysis) is 1. The SMILES string of the molecule is CCC(C)[C@H](NC(=O)OCC1c2ccccc2-c2ccccc21)C(=O)N1CC(F)(F)CC1C(=O)O. The highest BCUT2D eigenvalue weighted by Gasteiger charge is 2.51. The van der Waals surface area contributed by atoms with Crippen molar-refractivity contribution in [1.82, 2.24) is 10.2 Å². The van der Waals surface area contributed by atoms with Gasteiger partial charge >= 0.3 is 12.1 Å². The van der Waals surface area contributed by atoms with Crippen LogP contribution in [0.1, 0.15) is 43.7 Å². The van der Waals surface area contributed by atoms with Crippen molar-refractivity contribution in [3.05, 3.63) is 59.7 Å². The molecule has 7 nitrogen and oxygen atoms in total. The number of nitrogens with zero attached hydrogens (tertiary/aromatic N) is 1. The number of alkyl halides is 2. The summed E-state index contributed by atoms with van der Waals surface area (Å²) >= 11 is 0. The first-order valence-electron chi connectivity index (χ1n) is 11.7. The van der Waals surface area contributed by atoms with E-state index < -0.39 is 54.9 Å². The number of nitrogens with one attached hydrogen (secondary N) is 1. The smallest absolute Gasteiger partial charge is 0.407 e. The quantitative estimate of drug-likeness (QED) is 0.610. The third kappa shape index (κ3) is 4.85. The molecule has 0 spiro atoms. The van der Waals surface area contributed by atoms with Crippen molar-refractivity contribution >= 4 is 18.0 Å². The summed E-state index contributed by atoms with van der Waals surface area (Å²) in [6, 6.07) is 12.9. The molecule has 4 rings (SSSR count). The number of aliphatic carboxylic acids is 1. The number of carbonyl (C=O) groups is 3. The number of carboxylic acids is 1. The fourth-order valence-electron chi connectivity index (χ4n) is 4.90. The van der Waals surface area contributed by atoms with E-state index in [0.29, 0.717) is 11.3 Å². The van der Waals surface area contributed by atoms with Crippen LogP contribution in [0.2, 0.25) is 0 Å². The highest BCUT2D eigenvalue weighted by atomic mass is 19.3. The molecule has 0 radical (unpaired) electrons. The second-order valence-electron chi connectivity index (χ2n) is 9.21. The van der Waals surface area contributed by atoms with E-state index in [-0.39, 0.29) is 12.5 Å². The molecule has 0 aromatic heterocycles. The molecule has 2 unspecified atom stereocenters. The van der Waals surface area contributed by atoms with Gasteiger partial charge in [0.15, 0.2) is 0 Å². The number of benzene rings is 2. The maximum Gasteiger partial charge on any atom is 0.407 e. The number of hydrogen-bond donors (Lipinski definition) is 2. The molecule has 1 heterocycles. The van der Waals surface area contributed by atoms with Crippen LogP contribution in [0.4, 0.5) is 13.6 Å². The fourth-order valence-corrected chi connectivity index (χ4v) is 4.90. The summed E-state index contributed by atoms with van der Waals surface area (Å²) in [6.45, 7) is 2.51. The molecule has 2 N–H and O–H groups in total. The average molecular weight is 487 g/mol. The predicted octanol–water partition coefficient (Wildman–Crippen LogP) is 4.26. The average Bonchev–Trinajstić information content (AvgIpc) is 3.34. The first kappa shape index (κ1) is 24.6. The highest BCUT2D eigenvalue weighted by Crippen LogP contribution is 2.44. The van der Waals surface area contributed by atoms with Crippen LogP contribution in [-0.2, 0) is 14.3 Å². The molecule has 2 aliphatic rings. The van der Waals surface area contributed by atoms with E-state index in [2.05, 4.69) is 5.32 Å². The van der Waals surface area contributed by atoms with Crippen LogP contribution in [0.5, 0.6) is 0 Å². The van der Waals surface area contributed by atoms with E-state index in [0.717, 1.165) is 22.3 Å². The standard InChI is InChI=1S/C26H28F2N2O5/c1-3-15(2)22(23(31)30-14-26(27,28)12-21(30)24(32)33)29-25(34)35-13-20-18-10-6-4-8-16(18)17-9-5-7-11-19(17)20/h4-11,15,20-22H,3,12-14H2,1-2H3,(H,29,34)(H,32,33)/t15?,21?,22-/m0/s1. The van der Waals surface area contributed by atoms with E-state index in [1.54, 1.807) is 13.8 Å². The zero-order valence-corrected chi connectivity index (χ0v) is 19.5. The van der Waals surface area contributed by atoms with Crippen molar-refractivity contribution in [3.8, 4) is 11.1 Å². The van der Waals surface area contributed by atoms with E-state index in [4.69, 9.17) is 4.74 Å². The Balaban J connectivity index is 1.47. The Bertz CT molecular complexity index is 1090. The number of halogens is 2. The maximum absolute atomic E-state index is 13.9. The summed E-state index contributed by atoms with van der Waals surface area (Å²) in [6.07, 6.45) is -1.35. The molecular weight excluding hydrogens is 458 g/mol. The van der Waals surface area contributed by atoms with Gasteiger partial charge in [-0.05, 0) is 28.2 Å². The minimum Gasteiger partial charge on any atom is -0.480 e. The van der Waals surface area contributed by atoms with E-state index >= 15 is 0 Å². The molecular formula is C26H28F2N2O5. The molecule has 9 heteroatoms. The van der Waals surface area contributed by atoms with Crippen molar-refractivity contribution in [1.29, 1.82) is 0 Å². The number of likely N-dealkylation sites (tertiary alicyclic amines) is 1. The van der Waals surface area contributed by atoms with Gasteiger partial charge in [0.1, 0.15) is 18.7 Å². The van der Waals surface area contributed by atoms with Gasteiger partial charge in [0.2, 0.25) is 5.91 Å². The molecule has 0 bridgehead atoms. The van der Waals surface area contributed by atoms with Gasteiger partial charge in [-0.25, -0.2) is 18.4 Å². The lowest BCUT2D eigenvalue weighted by Gasteiger charge is -2.30. The topological polar surface area (TPSA) is 95.9 Å². The second-order valence-corrected chi connectivity index (χ2v) is 9.21. The minimum atomic E-state index is -3.30. The number of amides is 2. The van der Waals surface area contributed by atoms with Crippen LogP contribution < -0.4 is 5.32 Å². The first-order chi connectivity index (χ1) is 16.6. The summed E-state index contributed by atoms with van der Waals surface area (Å²) in [5.41, 5.74) is 4.19. The number of hydrogen-bond acceptors (Lipinski definition) is 4. The van der Waals surface area contributed by atoms with Crippen LogP contribution in [0.15, 0.2) is 48.5 Å². The van der Waals surface area contributed by atoms with Gasteiger partial charge in [-0.3, -0.25) is 4.79 Å². The Labute approximate surface area is 202 Å². The minimum absolute atomic E-state index is 0.0286. The summed E-state index contributed by atoms with van der Waals surface area (Å²) in [5.74, 6) is -6.26. The van der Waals surface area contributed by atoms with Crippen molar-refractivity contribution in [2.75, 3.05) is 13.2 Å². The number of carbonyl (C=O) groups excluding carboxylic acids is 2. The lowest BCUT2D eigenvalue weighted by atomic mass is 9.97. The molecule has 0 saturated carbocycles. The number of fused-ring (bicyclic) bond motifs is 3. The van der Waals surface area contributed by atoms with E-state index in [1.165, 1.54) is 0 Å². The number of rotatable bonds is 7. The van der Waals surface area contributed by atoms with Crippen molar-refractivity contribution < 1.29 is 33.0 Å². The molecule has 2 aromatic carbocycles. The van der Waals surface area contributed by atoms with Gasteiger partial charge in [0, 0.05) is 12.3 Å². The molecule has 2 amide bonds. The Morgan fingerprint density at radius 3 is 2.23 bits per heavy atom. The summed E-state index contributed by atoms with van der Waals surface area (Å²) in [7, 11) is 0. The molecule has 1 fully saturated rings. The van der Waals surface area contributed by atoms with Crippen LogP contribution in [0, 0.1) is 5.92 Å². The van der Waals surface area contributed by atoms with Gasteiger partial charge in [-0.1, -0.05) is 68.8 Å². The zero-order chi connectivity index (χ0) is 25.3. The van der Waals surface area contributed by atoms with Gasteiger partial charge in [-0.2, -0.15) is 0 Å². The van der Waals surface area contributed by atoms with Gasteiger partial charge in [0.05, 0.1) is 6.54 Å². The Hall–Kier alpha value is -3.49. The van der Waals surface area contributed by atoms with Crippen molar-refractivity contribution in [2.24, 2.45) is 5.92 Å². The summed E-state index contributed by atoms with van der Waals surface area (Å²) < 4.78 is 33.4. The predicted molar refractivity (Wildman–Crippen MR) is 124 cm³/mol. The second kappa shape index (κ2) is 9.64. The normalized spacial score (nSPS) is 20.0. The third-order valence-corrected chi connectivity index (χ3v) is 6.93. The molecule has 1 aliphatic heterocycles. The lowest BCUT2D eigenvalue weighted by molar-refractivity contribution is -0.149. The van der Waals surface area contributed by atoms with Gasteiger partial charge < -0.3 is 20.1 Å². The Morgan fingerprint density at radius 1 is 1.11 bits per heavy atom. The number of ether oxygens (including phenoxy) is 1. The Kier molecular flexibility index (Phi) is 6.78. The summed E-state index contributed by atoms with van der Waals surface area (Å²) in [5, 5.41) is 11.9. The van der Waals surface area contributed by atoms with Crippen LogP contribution in [0.25, 0.3) is 11.1 Å². The third-order valence-electron chi connectivity index (χ3n) is 6.93. The van der Waals surface area contributed by atoms with Crippen LogP contribution in [-0.4, -0.2) is 59.1 Å². The molecule has 1 saturated heterocycles. The first-order valence-corrected chi connectivity index (χ1v) is 11.7. The largest absolute Gasteiger partial charge is 0.480 e. The van der Waals surface area contributed by atoms with Crippen LogP contribution in [0.3, 0.4) is 0 Å². The molecule has 186 valence electrons. The molecule has 1 aliphatic carbocycles. The Morgan fingerprint density at radius 2 is 1.69 bits per heavy atom. The number of carboxylic acid groups (broad SMARTS) is 1. The van der Waals surface area contributed by atoms with Crippen LogP contribution >= 0.6 is 0 Å². The van der Waals surface area contributed by atoms with Gasteiger partial charge in [-0.15, -0.1) is 0 Å². The van der Waals surface area contributed by atoms with Crippen molar-refractivity contribution in [2.45, 2.75) is 50.6 Å². The lowest BCUT2D eigenvalue weighted by Crippen LogP contribution is -2.54. The molecule has 35 heavy (non-hydrogen) atoms. The molecule has 3 atom stereocenters. The zero-order valence-electron chi connectivity index (χ0n) is 19.5. The fraction of sp³-hybridized carbons (Fsp3) is 0.423. The van der Waals surface area contributed by atoms with Crippen molar-refractivity contribution in [3.63, 3.8) is 0 Å². The highest BCUT2D eigenvalue weighted by molar-refractivity contribution is 5.90. The maximum atomic E-state index is 13.9. The molecule has 2 aromatic rings. The monoisotopic (exact) mass is 486 g/mol. The van der Waals surface area contributed by atoms with E-state index in [1.807, 2.05) is 48.5 Å². The van der Waals surface area contributed by atoms with Gasteiger partial charge in [0.25, 0.3) is 5.92 Å². The summed E-state index contributed by atoms with van der Waals surface area (Å²) in [4.78, 5) is 38.0.